The van der Waals surface area contributed by atoms with Crippen molar-refractivity contribution in [3.63, 3.8) is 0 Å². The molecule has 0 unspecified atom stereocenters. The number of nitrogens with zero attached hydrogens (tertiary/aromatic N) is 2. The predicted molar refractivity (Wildman–Crippen MR) is 113 cm³/mol. The first-order chi connectivity index (χ1) is 13.9. The molecule has 0 atom stereocenters. The third-order valence-electron chi connectivity index (χ3n) is 4.67. The maximum Gasteiger partial charge on any atom is 0.257 e. The first-order valence-corrected chi connectivity index (χ1v) is 9.50. The normalized spacial score (nSPS) is 10.6. The van der Waals surface area contributed by atoms with Crippen LogP contribution in [0.15, 0.2) is 53.3 Å². The summed E-state index contributed by atoms with van der Waals surface area (Å²) in [5, 5.41) is 3.38. The number of amides is 1. The Balaban J connectivity index is 1.84. The van der Waals surface area contributed by atoms with Gasteiger partial charge in [0, 0.05) is 28.4 Å². The van der Waals surface area contributed by atoms with Gasteiger partial charge in [0.1, 0.15) is 18.1 Å². The van der Waals surface area contributed by atoms with E-state index in [-0.39, 0.29) is 18.0 Å². The van der Waals surface area contributed by atoms with Crippen molar-refractivity contribution in [1.82, 2.24) is 14.9 Å². The van der Waals surface area contributed by atoms with Gasteiger partial charge < -0.3 is 10.1 Å². The Labute approximate surface area is 174 Å². The molecule has 1 aromatic heterocycles. The summed E-state index contributed by atoms with van der Waals surface area (Å²) in [6.07, 6.45) is 0. The molecule has 7 heteroatoms. The van der Waals surface area contributed by atoms with Crippen molar-refractivity contribution < 1.29 is 9.53 Å². The van der Waals surface area contributed by atoms with Crippen molar-refractivity contribution >= 4 is 17.5 Å². The Kier molecular flexibility index (Phi) is 6.34. The number of carbonyl (C=O) groups is 1. The molecular formula is C22H22ClN3O3. The molecule has 0 saturated heterocycles. The minimum Gasteiger partial charge on any atom is -0.497 e. The van der Waals surface area contributed by atoms with Gasteiger partial charge in [0.2, 0.25) is 5.91 Å². The monoisotopic (exact) mass is 411 g/mol. The van der Waals surface area contributed by atoms with Gasteiger partial charge in [-0.3, -0.25) is 14.2 Å². The van der Waals surface area contributed by atoms with Gasteiger partial charge in [-0.25, -0.2) is 4.98 Å². The minimum absolute atomic E-state index is 0.134. The molecule has 29 heavy (non-hydrogen) atoms. The van der Waals surface area contributed by atoms with E-state index in [2.05, 4.69) is 10.3 Å². The molecule has 0 aliphatic carbocycles. The second kappa shape index (κ2) is 8.92. The van der Waals surface area contributed by atoms with Crippen LogP contribution < -0.4 is 15.6 Å². The van der Waals surface area contributed by atoms with Crippen LogP contribution in [0.1, 0.15) is 16.8 Å². The Bertz CT molecular complexity index is 1090. The number of rotatable bonds is 6. The molecule has 0 spiro atoms. The molecule has 1 amide bonds. The molecule has 3 rings (SSSR count). The predicted octanol–water partition coefficient (Wildman–Crippen LogP) is 3.51. The highest BCUT2D eigenvalue weighted by Gasteiger charge is 2.16. The summed E-state index contributed by atoms with van der Waals surface area (Å²) in [4.78, 5) is 29.9. The van der Waals surface area contributed by atoms with Gasteiger partial charge >= 0.3 is 0 Å². The van der Waals surface area contributed by atoms with Crippen molar-refractivity contribution in [2.75, 3.05) is 7.11 Å². The van der Waals surface area contributed by atoms with Gasteiger partial charge in [-0.05, 0) is 43.7 Å². The number of nitrogens with one attached hydrogen (secondary N) is 1. The maximum atomic E-state index is 12.8. The van der Waals surface area contributed by atoms with E-state index >= 15 is 0 Å². The first-order valence-electron chi connectivity index (χ1n) is 9.12. The SMILES string of the molecule is COc1ccc(CNC(=O)Cn2c(-c3cccc(Cl)c3)nc(C)c(C)c2=O)cc1. The topological polar surface area (TPSA) is 73.2 Å². The third-order valence-corrected chi connectivity index (χ3v) is 4.91. The van der Waals surface area contributed by atoms with Gasteiger partial charge in [-0.2, -0.15) is 0 Å². The fraction of sp³-hybridized carbons (Fsp3) is 0.227. The lowest BCUT2D eigenvalue weighted by Gasteiger charge is -2.15. The number of methoxy groups -OCH3 is 1. The summed E-state index contributed by atoms with van der Waals surface area (Å²) in [7, 11) is 1.60. The number of hydrogen-bond donors (Lipinski definition) is 1. The van der Waals surface area contributed by atoms with Crippen LogP contribution in [-0.2, 0) is 17.9 Å². The molecule has 2 aromatic carbocycles. The fourth-order valence-corrected chi connectivity index (χ4v) is 3.08. The van der Waals surface area contributed by atoms with Crippen LogP contribution in [0.25, 0.3) is 11.4 Å². The van der Waals surface area contributed by atoms with Gasteiger partial charge in [0.05, 0.1) is 7.11 Å². The van der Waals surface area contributed by atoms with Crippen molar-refractivity contribution in [3.05, 3.63) is 80.7 Å². The lowest BCUT2D eigenvalue weighted by Crippen LogP contribution is -2.34. The average molecular weight is 412 g/mol. The summed E-state index contributed by atoms with van der Waals surface area (Å²) in [6, 6.07) is 14.5. The largest absolute Gasteiger partial charge is 0.497 e. The minimum atomic E-state index is -0.281. The van der Waals surface area contributed by atoms with E-state index in [1.54, 1.807) is 39.2 Å². The van der Waals surface area contributed by atoms with Gasteiger partial charge in [-0.15, -0.1) is 0 Å². The van der Waals surface area contributed by atoms with E-state index in [0.717, 1.165) is 11.3 Å². The Morgan fingerprint density at radius 2 is 1.90 bits per heavy atom. The lowest BCUT2D eigenvalue weighted by atomic mass is 10.1. The van der Waals surface area contributed by atoms with Gasteiger partial charge in [0.25, 0.3) is 5.56 Å². The van der Waals surface area contributed by atoms with Crippen molar-refractivity contribution in [2.24, 2.45) is 0 Å². The number of ether oxygens (including phenoxy) is 1. The molecule has 6 nitrogen and oxygen atoms in total. The highest BCUT2D eigenvalue weighted by atomic mass is 35.5. The van der Waals surface area contributed by atoms with E-state index in [1.807, 2.05) is 30.3 Å². The Hall–Kier alpha value is -3.12. The average Bonchev–Trinajstić information content (AvgIpc) is 2.73. The summed E-state index contributed by atoms with van der Waals surface area (Å²) in [5.74, 6) is 0.885. The van der Waals surface area contributed by atoms with Crippen LogP contribution >= 0.6 is 11.6 Å². The number of halogens is 1. The molecule has 0 bridgehead atoms. The third kappa shape index (κ3) is 4.84. The summed E-state index contributed by atoms with van der Waals surface area (Å²) in [5.41, 5.74) is 2.51. The van der Waals surface area contributed by atoms with Crippen LogP contribution in [0, 0.1) is 13.8 Å². The van der Waals surface area contributed by atoms with Crippen molar-refractivity contribution in [1.29, 1.82) is 0 Å². The Morgan fingerprint density at radius 1 is 1.17 bits per heavy atom. The van der Waals surface area contributed by atoms with Crippen LogP contribution in [-0.4, -0.2) is 22.6 Å². The van der Waals surface area contributed by atoms with E-state index in [1.165, 1.54) is 4.57 Å². The highest BCUT2D eigenvalue weighted by Crippen LogP contribution is 2.21. The van der Waals surface area contributed by atoms with E-state index in [0.29, 0.717) is 34.2 Å². The standard InChI is InChI=1S/C22H22ClN3O3/c1-14-15(2)25-21(17-5-4-6-18(23)11-17)26(22(14)28)13-20(27)24-12-16-7-9-19(29-3)10-8-16/h4-11H,12-13H2,1-3H3,(H,24,27). The fourth-order valence-electron chi connectivity index (χ4n) is 2.89. The molecule has 1 heterocycles. The molecule has 1 N–H and O–H groups in total. The molecular weight excluding hydrogens is 390 g/mol. The van der Waals surface area contributed by atoms with E-state index in [9.17, 15) is 9.59 Å². The van der Waals surface area contributed by atoms with Crippen molar-refractivity contribution in [2.45, 2.75) is 26.9 Å². The number of carbonyl (C=O) groups excluding carboxylic acids is 1. The van der Waals surface area contributed by atoms with Crippen LogP contribution in [0.2, 0.25) is 5.02 Å². The highest BCUT2D eigenvalue weighted by molar-refractivity contribution is 6.30. The van der Waals surface area contributed by atoms with E-state index < -0.39 is 0 Å². The molecule has 150 valence electrons. The van der Waals surface area contributed by atoms with Crippen LogP contribution in [0.3, 0.4) is 0 Å². The summed E-state index contributed by atoms with van der Waals surface area (Å²) in [6.45, 7) is 3.70. The first kappa shape index (κ1) is 20.6. The number of benzene rings is 2. The van der Waals surface area contributed by atoms with Crippen LogP contribution in [0.4, 0.5) is 0 Å². The molecule has 0 aliphatic rings. The molecule has 3 aromatic rings. The zero-order valence-electron chi connectivity index (χ0n) is 16.5. The quantitative estimate of drug-likeness (QED) is 0.673. The summed E-state index contributed by atoms with van der Waals surface area (Å²) >= 11 is 6.10. The number of hydrogen-bond acceptors (Lipinski definition) is 4. The van der Waals surface area contributed by atoms with Gasteiger partial charge in [-0.1, -0.05) is 35.9 Å². The number of aryl methyl sites for hydroxylation is 1. The second-order valence-corrected chi connectivity index (χ2v) is 7.11. The second-order valence-electron chi connectivity index (χ2n) is 6.67. The lowest BCUT2D eigenvalue weighted by molar-refractivity contribution is -0.121. The Morgan fingerprint density at radius 3 is 2.55 bits per heavy atom. The molecule has 0 saturated carbocycles. The molecule has 0 fully saturated rings. The molecule has 0 radical (unpaired) electrons. The summed E-state index contributed by atoms with van der Waals surface area (Å²) < 4.78 is 6.52. The number of aromatic nitrogens is 2. The van der Waals surface area contributed by atoms with E-state index in [4.69, 9.17) is 16.3 Å². The van der Waals surface area contributed by atoms with Gasteiger partial charge in [0.15, 0.2) is 0 Å². The maximum absolute atomic E-state index is 12.8. The van der Waals surface area contributed by atoms with Crippen LogP contribution in [0.5, 0.6) is 5.75 Å². The zero-order valence-corrected chi connectivity index (χ0v) is 17.3. The zero-order chi connectivity index (χ0) is 21.0. The molecule has 0 aliphatic heterocycles. The smallest absolute Gasteiger partial charge is 0.257 e. The van der Waals surface area contributed by atoms with Crippen molar-refractivity contribution in [3.8, 4) is 17.1 Å².